The van der Waals surface area contributed by atoms with Crippen LogP contribution in [0.5, 0.6) is 0 Å². The van der Waals surface area contributed by atoms with Gasteiger partial charge >= 0.3 is 5.63 Å². The van der Waals surface area contributed by atoms with Crippen LogP contribution in [0.4, 0.5) is 0 Å². The van der Waals surface area contributed by atoms with Crippen molar-refractivity contribution >= 4 is 10.9 Å². The molecule has 3 aromatic rings. The lowest BCUT2D eigenvalue weighted by molar-refractivity contribution is 0.518. The number of nitrogens with zero attached hydrogens (tertiary/aromatic N) is 2. The van der Waals surface area contributed by atoms with Crippen molar-refractivity contribution in [1.29, 1.82) is 0 Å². The van der Waals surface area contributed by atoms with Gasteiger partial charge in [0.1, 0.15) is 5.69 Å². The van der Waals surface area contributed by atoms with Crippen molar-refractivity contribution in [3.8, 4) is 22.7 Å². The third-order valence-corrected chi connectivity index (χ3v) is 2.96. The summed E-state index contributed by atoms with van der Waals surface area (Å²) < 4.78 is 5.19. The maximum absolute atomic E-state index is 11.9. The third-order valence-electron chi connectivity index (χ3n) is 2.96. The average Bonchev–Trinajstić information content (AvgIpc) is 2.52. The number of benzene rings is 1. The molecule has 0 saturated heterocycles. The van der Waals surface area contributed by atoms with Crippen LogP contribution in [0.1, 0.15) is 0 Å². The van der Waals surface area contributed by atoms with E-state index in [2.05, 4.69) is 9.97 Å². The van der Waals surface area contributed by atoms with Gasteiger partial charge in [0.25, 0.3) is 0 Å². The van der Waals surface area contributed by atoms with Gasteiger partial charge in [-0.1, -0.05) is 18.2 Å². The Kier molecular flexibility index (Phi) is 1.42. The molecule has 0 atom stereocenters. The Morgan fingerprint density at radius 1 is 1.06 bits per heavy atom. The van der Waals surface area contributed by atoms with Crippen LogP contribution in [0, 0.1) is 0 Å². The number of hydrogen-bond acceptors (Lipinski definition) is 4. The lowest BCUT2D eigenvalue weighted by Crippen LogP contribution is -2.01. The zero-order chi connectivity index (χ0) is 11.4. The smallest absolute Gasteiger partial charge is 0.347 e. The van der Waals surface area contributed by atoms with E-state index < -0.39 is 0 Å². The minimum absolute atomic E-state index is 0.291. The van der Waals surface area contributed by atoms with Crippen molar-refractivity contribution in [2.24, 2.45) is 0 Å². The fourth-order valence-electron chi connectivity index (χ4n) is 2.24. The van der Waals surface area contributed by atoms with Crippen LogP contribution in [0.25, 0.3) is 33.6 Å². The monoisotopic (exact) mass is 222 g/mol. The van der Waals surface area contributed by atoms with Crippen LogP contribution in [0.3, 0.4) is 0 Å². The molecule has 17 heavy (non-hydrogen) atoms. The van der Waals surface area contributed by atoms with Gasteiger partial charge in [-0.25, -0.2) is 9.78 Å². The van der Waals surface area contributed by atoms with E-state index in [0.717, 1.165) is 11.1 Å². The van der Waals surface area contributed by atoms with E-state index in [4.69, 9.17) is 4.42 Å². The third kappa shape index (κ3) is 0.990. The molecule has 0 amide bonds. The van der Waals surface area contributed by atoms with Gasteiger partial charge in [0.2, 0.25) is 5.89 Å². The van der Waals surface area contributed by atoms with Crippen molar-refractivity contribution in [2.75, 3.05) is 0 Å². The summed E-state index contributed by atoms with van der Waals surface area (Å²) in [6.07, 6.45) is 1.67. The Morgan fingerprint density at radius 3 is 2.88 bits per heavy atom. The molecule has 0 radical (unpaired) electrons. The lowest BCUT2D eigenvalue weighted by atomic mass is 10.0. The zero-order valence-electron chi connectivity index (χ0n) is 8.68. The summed E-state index contributed by atoms with van der Waals surface area (Å²) in [5.74, 6) is 0.291. The molecule has 0 spiro atoms. The normalized spacial score (nSPS) is 11.8. The molecule has 5 rings (SSSR count). The number of aromatic nitrogens is 2. The summed E-state index contributed by atoms with van der Waals surface area (Å²) in [5, 5.41) is 0.531. The van der Waals surface area contributed by atoms with Gasteiger partial charge in [-0.15, -0.1) is 0 Å². The number of pyridine rings is 1. The molecule has 4 heteroatoms. The quantitative estimate of drug-likeness (QED) is 0.457. The lowest BCUT2D eigenvalue weighted by Gasteiger charge is -2.01. The predicted molar refractivity (Wildman–Crippen MR) is 62.5 cm³/mol. The molecule has 2 aromatic heterocycles. The number of fused-ring (bicyclic) bond motifs is 1. The second kappa shape index (κ2) is 2.79. The molecule has 0 N–H and O–H groups in total. The molecule has 80 valence electrons. The van der Waals surface area contributed by atoms with Gasteiger partial charge in [0.15, 0.2) is 0 Å². The summed E-state index contributed by atoms with van der Waals surface area (Å²) in [4.78, 5) is 20.5. The number of hydrogen-bond donors (Lipinski definition) is 0. The molecular formula is C13H6N2O2. The highest BCUT2D eigenvalue weighted by molar-refractivity contribution is 5.99. The zero-order valence-corrected chi connectivity index (χ0v) is 8.68. The van der Waals surface area contributed by atoms with Gasteiger partial charge in [0.05, 0.1) is 10.9 Å². The Balaban J connectivity index is 2.40. The summed E-state index contributed by atoms with van der Waals surface area (Å²) >= 11 is 0. The van der Waals surface area contributed by atoms with Crippen molar-refractivity contribution in [3.63, 3.8) is 0 Å². The fraction of sp³-hybridized carbons (Fsp3) is 0. The molecular weight excluding hydrogens is 216 g/mol. The van der Waals surface area contributed by atoms with Crippen LogP contribution in [-0.4, -0.2) is 9.97 Å². The summed E-state index contributed by atoms with van der Waals surface area (Å²) in [6.45, 7) is 0. The molecule has 2 aliphatic heterocycles. The first-order valence-corrected chi connectivity index (χ1v) is 5.24. The molecule has 2 aliphatic rings. The topological polar surface area (TPSA) is 56.0 Å². The fourth-order valence-corrected chi connectivity index (χ4v) is 2.24. The van der Waals surface area contributed by atoms with Crippen LogP contribution >= 0.6 is 0 Å². The molecule has 4 nitrogen and oxygen atoms in total. The predicted octanol–water partition coefficient (Wildman–Crippen LogP) is 2.23. The maximum Gasteiger partial charge on any atom is 0.347 e. The molecule has 0 fully saturated rings. The SMILES string of the molecule is O=c1oc2nc3cccc(c13)-c1cccnc1-2. The van der Waals surface area contributed by atoms with Crippen LogP contribution in [-0.2, 0) is 0 Å². The molecule has 0 unspecified atom stereocenters. The van der Waals surface area contributed by atoms with E-state index >= 15 is 0 Å². The second-order valence-electron chi connectivity index (χ2n) is 3.91. The standard InChI is InChI=1S/C13H6N2O2/c16-13-10-7-3-1-5-9(10)15-12(17-13)11-8(7)4-2-6-14-11/h1-6H. The van der Waals surface area contributed by atoms with Crippen molar-refractivity contribution in [3.05, 3.63) is 46.9 Å². The minimum atomic E-state index is -0.349. The Morgan fingerprint density at radius 2 is 1.94 bits per heavy atom. The van der Waals surface area contributed by atoms with Crippen LogP contribution in [0.15, 0.2) is 45.7 Å². The first-order chi connectivity index (χ1) is 8.34. The van der Waals surface area contributed by atoms with Crippen molar-refractivity contribution < 1.29 is 4.42 Å². The minimum Gasteiger partial charge on any atom is -0.401 e. The van der Waals surface area contributed by atoms with E-state index in [1.54, 1.807) is 6.20 Å². The van der Waals surface area contributed by atoms with E-state index in [1.165, 1.54) is 0 Å². The first kappa shape index (κ1) is 8.64. The van der Waals surface area contributed by atoms with Crippen molar-refractivity contribution in [2.45, 2.75) is 0 Å². The second-order valence-corrected chi connectivity index (χ2v) is 3.91. The van der Waals surface area contributed by atoms with Gasteiger partial charge < -0.3 is 4.42 Å². The van der Waals surface area contributed by atoms with Gasteiger partial charge in [-0.3, -0.25) is 4.98 Å². The molecule has 0 aliphatic carbocycles. The Labute approximate surface area is 95.6 Å². The van der Waals surface area contributed by atoms with Crippen LogP contribution < -0.4 is 5.63 Å². The Bertz CT molecular complexity index is 821. The van der Waals surface area contributed by atoms with Crippen molar-refractivity contribution in [1.82, 2.24) is 9.97 Å². The van der Waals surface area contributed by atoms with E-state index in [9.17, 15) is 4.79 Å². The van der Waals surface area contributed by atoms with Gasteiger partial charge in [0, 0.05) is 17.3 Å². The maximum atomic E-state index is 11.9. The summed E-state index contributed by atoms with van der Waals surface area (Å²) in [7, 11) is 0. The summed E-state index contributed by atoms with van der Waals surface area (Å²) in [5.41, 5.74) is 2.67. The van der Waals surface area contributed by atoms with E-state index in [1.807, 2.05) is 30.3 Å². The first-order valence-electron chi connectivity index (χ1n) is 5.24. The average molecular weight is 222 g/mol. The molecule has 1 aromatic carbocycles. The highest BCUT2D eigenvalue weighted by Gasteiger charge is 2.22. The van der Waals surface area contributed by atoms with E-state index in [-0.39, 0.29) is 5.63 Å². The van der Waals surface area contributed by atoms with E-state index in [0.29, 0.717) is 22.5 Å². The highest BCUT2D eigenvalue weighted by atomic mass is 16.4. The molecule has 4 heterocycles. The highest BCUT2D eigenvalue weighted by Crippen LogP contribution is 2.35. The Hall–Kier alpha value is -2.49. The molecule has 0 saturated carbocycles. The van der Waals surface area contributed by atoms with Gasteiger partial charge in [-0.05, 0) is 12.1 Å². The summed E-state index contributed by atoms with van der Waals surface area (Å²) in [6, 6.07) is 9.35. The molecule has 4 bridgehead atoms. The van der Waals surface area contributed by atoms with Gasteiger partial charge in [-0.2, -0.15) is 0 Å². The number of rotatable bonds is 0. The largest absolute Gasteiger partial charge is 0.401 e. The van der Waals surface area contributed by atoms with Crippen LogP contribution in [0.2, 0.25) is 0 Å².